The highest BCUT2D eigenvalue weighted by molar-refractivity contribution is 5.85. The van der Waals surface area contributed by atoms with Gasteiger partial charge >= 0.3 is 0 Å². The van der Waals surface area contributed by atoms with E-state index in [-0.39, 0.29) is 24.5 Å². The Bertz CT molecular complexity index is 1330. The van der Waals surface area contributed by atoms with E-state index < -0.39 is 5.41 Å². The molecular weight excluding hydrogens is 419 g/mol. The van der Waals surface area contributed by atoms with Gasteiger partial charge in [-0.2, -0.15) is 0 Å². The molecular formula is C25H29FN6O. The lowest BCUT2D eigenvalue weighted by atomic mass is 9.84. The summed E-state index contributed by atoms with van der Waals surface area (Å²) in [6.07, 6.45) is 3.08. The van der Waals surface area contributed by atoms with Crippen LogP contribution in [0.4, 0.5) is 4.39 Å². The van der Waals surface area contributed by atoms with Crippen molar-refractivity contribution in [1.82, 2.24) is 24.5 Å². The molecule has 3 N–H and O–H groups in total. The Morgan fingerprint density at radius 1 is 1.21 bits per heavy atom. The lowest BCUT2D eigenvalue weighted by Gasteiger charge is -2.24. The van der Waals surface area contributed by atoms with Crippen molar-refractivity contribution in [3.05, 3.63) is 59.5 Å². The lowest BCUT2D eigenvalue weighted by Crippen LogP contribution is -2.28. The van der Waals surface area contributed by atoms with Crippen molar-refractivity contribution in [3.63, 3.8) is 0 Å². The number of hydrogen-bond acceptors (Lipinski definition) is 6. The number of pyridine rings is 2. The number of likely N-dealkylation sites (tertiary alicyclic amines) is 1. The summed E-state index contributed by atoms with van der Waals surface area (Å²) < 4.78 is 16.2. The second-order valence-electron chi connectivity index (χ2n) is 9.70. The van der Waals surface area contributed by atoms with Gasteiger partial charge in [-0.05, 0) is 48.7 Å². The molecule has 4 aromatic rings. The van der Waals surface area contributed by atoms with Crippen LogP contribution in [0.1, 0.15) is 44.4 Å². The molecule has 8 heteroatoms. The lowest BCUT2D eigenvalue weighted by molar-refractivity contribution is 0.219. The average molecular weight is 449 g/mol. The molecule has 0 saturated carbocycles. The summed E-state index contributed by atoms with van der Waals surface area (Å²) in [6.45, 7) is 7.70. The van der Waals surface area contributed by atoms with Crippen LogP contribution in [0.2, 0.25) is 0 Å². The van der Waals surface area contributed by atoms with Crippen LogP contribution in [-0.2, 0) is 5.41 Å². The zero-order valence-corrected chi connectivity index (χ0v) is 19.2. The number of halogens is 1. The number of aliphatic hydroxyl groups is 1. The predicted molar refractivity (Wildman–Crippen MR) is 126 cm³/mol. The largest absolute Gasteiger partial charge is 0.395 e. The minimum Gasteiger partial charge on any atom is -0.395 e. The van der Waals surface area contributed by atoms with Crippen LogP contribution in [-0.4, -0.2) is 55.3 Å². The molecule has 0 bridgehead atoms. The van der Waals surface area contributed by atoms with E-state index in [1.54, 1.807) is 0 Å². The van der Waals surface area contributed by atoms with Crippen LogP contribution >= 0.6 is 0 Å². The molecule has 0 aliphatic carbocycles. The van der Waals surface area contributed by atoms with Crippen molar-refractivity contribution >= 4 is 16.6 Å². The van der Waals surface area contributed by atoms with Crippen molar-refractivity contribution in [2.75, 3.05) is 19.7 Å². The van der Waals surface area contributed by atoms with E-state index in [9.17, 15) is 9.50 Å². The topological polar surface area (TPSA) is 92.6 Å². The zero-order valence-electron chi connectivity index (χ0n) is 19.2. The highest BCUT2D eigenvalue weighted by Crippen LogP contribution is 2.32. The van der Waals surface area contributed by atoms with Crippen LogP contribution < -0.4 is 5.73 Å². The zero-order chi connectivity index (χ0) is 23.3. The molecule has 4 heterocycles. The first kappa shape index (κ1) is 21.9. The van der Waals surface area contributed by atoms with Gasteiger partial charge in [0.25, 0.3) is 0 Å². The molecule has 1 saturated heterocycles. The predicted octanol–water partition coefficient (Wildman–Crippen LogP) is 3.45. The molecule has 33 heavy (non-hydrogen) atoms. The number of hydrogen-bond donors (Lipinski definition) is 2. The summed E-state index contributed by atoms with van der Waals surface area (Å²) in [4.78, 5) is 7.25. The van der Waals surface area contributed by atoms with Crippen molar-refractivity contribution < 1.29 is 9.50 Å². The first-order valence-electron chi connectivity index (χ1n) is 11.3. The van der Waals surface area contributed by atoms with Gasteiger partial charge in [0, 0.05) is 42.2 Å². The second kappa shape index (κ2) is 8.13. The van der Waals surface area contributed by atoms with Gasteiger partial charge in [-0.3, -0.25) is 9.30 Å². The van der Waals surface area contributed by atoms with E-state index in [0.717, 1.165) is 30.7 Å². The Labute approximate surface area is 192 Å². The fraction of sp³-hybridized carbons (Fsp3) is 0.400. The van der Waals surface area contributed by atoms with Gasteiger partial charge in [0.1, 0.15) is 11.5 Å². The van der Waals surface area contributed by atoms with E-state index in [2.05, 4.69) is 34.3 Å². The maximum atomic E-state index is 14.3. The SMILES string of the molecule is C[C@@H](c1ccc2nnc(-c3ccc4cc(F)cc(C(C)(C)CO)c4n3)n2c1)N1CC[C@H](N)C1. The third kappa shape index (κ3) is 3.88. The summed E-state index contributed by atoms with van der Waals surface area (Å²) in [5.74, 6) is 0.276. The molecule has 1 aromatic carbocycles. The molecule has 0 unspecified atom stereocenters. The van der Waals surface area contributed by atoms with E-state index in [1.165, 1.54) is 12.1 Å². The quantitative estimate of drug-likeness (QED) is 0.486. The number of fused-ring (bicyclic) bond motifs is 2. The number of rotatable bonds is 5. The number of aromatic nitrogens is 4. The Hall–Kier alpha value is -2.94. The summed E-state index contributed by atoms with van der Waals surface area (Å²) in [7, 11) is 0. The molecule has 5 rings (SSSR count). The normalized spacial score (nSPS) is 18.4. The maximum Gasteiger partial charge on any atom is 0.187 e. The molecule has 7 nitrogen and oxygen atoms in total. The van der Waals surface area contributed by atoms with Gasteiger partial charge < -0.3 is 10.8 Å². The third-order valence-corrected chi connectivity index (χ3v) is 6.82. The van der Waals surface area contributed by atoms with Crippen LogP contribution in [0.25, 0.3) is 28.1 Å². The van der Waals surface area contributed by atoms with Crippen molar-refractivity contribution in [2.24, 2.45) is 5.73 Å². The fourth-order valence-electron chi connectivity index (χ4n) is 4.63. The highest BCUT2D eigenvalue weighted by atomic mass is 19.1. The third-order valence-electron chi connectivity index (χ3n) is 6.82. The van der Waals surface area contributed by atoms with Crippen molar-refractivity contribution in [2.45, 2.75) is 44.7 Å². The molecule has 0 amide bonds. The van der Waals surface area contributed by atoms with Crippen molar-refractivity contribution in [3.8, 4) is 11.5 Å². The fourth-order valence-corrected chi connectivity index (χ4v) is 4.63. The van der Waals surface area contributed by atoms with Gasteiger partial charge in [0.05, 0.1) is 12.1 Å². The highest BCUT2D eigenvalue weighted by Gasteiger charge is 2.26. The minimum absolute atomic E-state index is 0.118. The molecule has 1 aliphatic heterocycles. The van der Waals surface area contributed by atoms with Gasteiger partial charge in [0.15, 0.2) is 11.5 Å². The van der Waals surface area contributed by atoms with E-state index >= 15 is 0 Å². The summed E-state index contributed by atoms with van der Waals surface area (Å²) >= 11 is 0. The van der Waals surface area contributed by atoms with Gasteiger partial charge in [0.2, 0.25) is 0 Å². The molecule has 0 radical (unpaired) electrons. The monoisotopic (exact) mass is 448 g/mol. The van der Waals surface area contributed by atoms with E-state index in [1.807, 2.05) is 36.4 Å². The van der Waals surface area contributed by atoms with Crippen LogP contribution in [0.3, 0.4) is 0 Å². The Kier molecular flexibility index (Phi) is 5.39. The molecule has 172 valence electrons. The van der Waals surface area contributed by atoms with Gasteiger partial charge in [-0.1, -0.05) is 26.0 Å². The summed E-state index contributed by atoms with van der Waals surface area (Å²) in [6, 6.07) is 11.1. The minimum atomic E-state index is -0.641. The molecule has 2 atom stereocenters. The summed E-state index contributed by atoms with van der Waals surface area (Å²) in [5, 5.41) is 19.3. The molecule has 0 spiro atoms. The smallest absolute Gasteiger partial charge is 0.187 e. The molecule has 1 fully saturated rings. The van der Waals surface area contributed by atoms with Crippen LogP contribution in [0.5, 0.6) is 0 Å². The number of benzene rings is 1. The Balaban J connectivity index is 1.61. The Morgan fingerprint density at radius 2 is 2.03 bits per heavy atom. The Morgan fingerprint density at radius 3 is 2.76 bits per heavy atom. The van der Waals surface area contributed by atoms with Gasteiger partial charge in [-0.25, -0.2) is 9.37 Å². The van der Waals surface area contributed by atoms with E-state index in [4.69, 9.17) is 10.7 Å². The summed E-state index contributed by atoms with van der Waals surface area (Å²) in [5.41, 5.74) is 9.31. The number of nitrogens with zero attached hydrogens (tertiary/aromatic N) is 5. The number of aliphatic hydroxyl groups excluding tert-OH is 1. The molecule has 1 aliphatic rings. The van der Waals surface area contributed by atoms with Crippen LogP contribution in [0, 0.1) is 5.82 Å². The van der Waals surface area contributed by atoms with E-state index in [0.29, 0.717) is 28.0 Å². The maximum absolute atomic E-state index is 14.3. The second-order valence-corrected chi connectivity index (χ2v) is 9.70. The van der Waals surface area contributed by atoms with Gasteiger partial charge in [-0.15, -0.1) is 10.2 Å². The standard InChI is InChI=1S/C25H29FN6O/c1-15(31-9-8-19(27)13-31)17-5-7-22-29-30-24(32(22)12-17)21-6-4-16-10-18(26)11-20(23(16)28-21)25(2,3)14-33/h4-7,10-12,15,19,33H,8-9,13-14,27H2,1-3H3/t15-,19-/m0/s1. The van der Waals surface area contributed by atoms with Crippen molar-refractivity contribution in [1.29, 1.82) is 0 Å². The average Bonchev–Trinajstić information content (AvgIpc) is 3.43. The first-order valence-corrected chi connectivity index (χ1v) is 11.3. The first-order chi connectivity index (χ1) is 15.8. The van der Waals surface area contributed by atoms with Crippen LogP contribution in [0.15, 0.2) is 42.6 Å². The molecule has 3 aromatic heterocycles. The number of nitrogens with two attached hydrogens (primary N) is 1.